The molecule has 2 heterocycles. The summed E-state index contributed by atoms with van der Waals surface area (Å²) in [7, 11) is 0. The lowest BCUT2D eigenvalue weighted by atomic mass is 9.72. The Bertz CT molecular complexity index is 1210. The molecular formula is C22H14Br3O2+. The van der Waals surface area contributed by atoms with Crippen LogP contribution in [0.25, 0.3) is 21.5 Å². The molecule has 0 N–H and O–H groups in total. The van der Waals surface area contributed by atoms with Crippen LogP contribution in [0.4, 0.5) is 0 Å². The van der Waals surface area contributed by atoms with Crippen molar-refractivity contribution in [2.24, 2.45) is 0 Å². The van der Waals surface area contributed by atoms with Gasteiger partial charge in [-0.2, -0.15) is 0 Å². The topological polar surface area (TPSA) is 20.5 Å². The number of rotatable bonds is 0. The van der Waals surface area contributed by atoms with Crippen molar-refractivity contribution in [3.63, 3.8) is 0 Å². The van der Waals surface area contributed by atoms with Crippen LogP contribution < -0.4 is 4.74 Å². The molecule has 5 heteroatoms. The molecule has 0 unspecified atom stereocenters. The van der Waals surface area contributed by atoms with Crippen molar-refractivity contribution in [1.82, 2.24) is 0 Å². The van der Waals surface area contributed by atoms with Crippen molar-refractivity contribution >= 4 is 69.3 Å². The monoisotopic (exact) mass is 547 g/mol. The normalized spacial score (nSPS) is 17.0. The third kappa shape index (κ3) is 2.66. The quantitative estimate of drug-likeness (QED) is 0.264. The average Bonchev–Trinajstić information content (AvgIpc) is 2.64. The van der Waals surface area contributed by atoms with E-state index in [0.717, 1.165) is 58.4 Å². The van der Waals surface area contributed by atoms with Crippen LogP contribution in [-0.2, 0) is 5.41 Å². The van der Waals surface area contributed by atoms with Gasteiger partial charge >= 0.3 is 11.3 Å². The lowest BCUT2D eigenvalue weighted by Gasteiger charge is -2.35. The van der Waals surface area contributed by atoms with Gasteiger partial charge in [0.2, 0.25) is 0 Å². The molecular weight excluding hydrogens is 536 g/mol. The highest BCUT2D eigenvalue weighted by Gasteiger charge is 2.45. The predicted octanol–water partition coefficient (Wildman–Crippen LogP) is 8.07. The van der Waals surface area contributed by atoms with Gasteiger partial charge in [-0.25, -0.2) is 4.42 Å². The zero-order valence-electron chi connectivity index (χ0n) is 14.6. The molecule has 2 aromatic carbocycles. The lowest BCUT2D eigenvalue weighted by Crippen LogP contribution is -2.30. The van der Waals surface area contributed by atoms with E-state index in [9.17, 15) is 0 Å². The Morgan fingerprint density at radius 1 is 0.926 bits per heavy atom. The Hall–Kier alpha value is -1.43. The molecule has 0 bridgehead atoms. The van der Waals surface area contributed by atoms with Crippen molar-refractivity contribution in [3.05, 3.63) is 79.6 Å². The zero-order valence-corrected chi connectivity index (χ0v) is 19.3. The number of hydrogen-bond donors (Lipinski definition) is 0. The Balaban J connectivity index is 1.82. The third-order valence-corrected chi connectivity index (χ3v) is 6.91. The third-order valence-electron chi connectivity index (χ3n) is 5.20. The summed E-state index contributed by atoms with van der Waals surface area (Å²) in [4.78, 5) is 0. The molecule has 1 aliphatic heterocycles. The van der Waals surface area contributed by atoms with Gasteiger partial charge in [-0.3, -0.25) is 0 Å². The van der Waals surface area contributed by atoms with Crippen LogP contribution in [0.15, 0.2) is 67.2 Å². The van der Waals surface area contributed by atoms with Crippen LogP contribution in [0.1, 0.15) is 30.7 Å². The summed E-state index contributed by atoms with van der Waals surface area (Å²) >= 11 is 10.9. The first kappa shape index (κ1) is 17.7. The maximum Gasteiger partial charge on any atom is 0.375 e. The average molecular weight is 550 g/mol. The molecule has 1 aromatic heterocycles. The first-order valence-corrected chi connectivity index (χ1v) is 10.9. The second kappa shape index (κ2) is 6.03. The van der Waals surface area contributed by atoms with Crippen LogP contribution in [0.2, 0.25) is 0 Å². The van der Waals surface area contributed by atoms with Crippen molar-refractivity contribution in [3.8, 4) is 5.75 Å². The van der Waals surface area contributed by atoms with Crippen LogP contribution in [0.3, 0.4) is 0 Å². The van der Waals surface area contributed by atoms with E-state index in [0.29, 0.717) is 0 Å². The van der Waals surface area contributed by atoms with Gasteiger partial charge in [-0.05, 0) is 58.4 Å². The number of allylic oxidation sites excluding steroid dienone is 1. The van der Waals surface area contributed by atoms with Gasteiger partial charge in [-0.15, -0.1) is 0 Å². The largest absolute Gasteiger partial charge is 0.455 e. The fourth-order valence-corrected chi connectivity index (χ4v) is 5.07. The summed E-state index contributed by atoms with van der Waals surface area (Å²) < 4.78 is 15.5. The molecule has 0 radical (unpaired) electrons. The maximum absolute atomic E-state index is 6.30. The summed E-state index contributed by atoms with van der Waals surface area (Å²) in [5, 5.41) is 1.07. The molecule has 27 heavy (non-hydrogen) atoms. The van der Waals surface area contributed by atoms with Crippen molar-refractivity contribution in [2.45, 2.75) is 19.3 Å². The second-order valence-electron chi connectivity index (χ2n) is 7.28. The van der Waals surface area contributed by atoms with Gasteiger partial charge < -0.3 is 4.74 Å². The minimum atomic E-state index is -0.262. The first-order valence-electron chi connectivity index (χ1n) is 8.51. The number of benzene rings is 2. The summed E-state index contributed by atoms with van der Waals surface area (Å²) in [6.45, 7) is 4.42. The number of halogens is 3. The lowest BCUT2D eigenvalue weighted by molar-refractivity contribution is 0.400. The molecule has 0 amide bonds. The van der Waals surface area contributed by atoms with E-state index >= 15 is 0 Å². The molecule has 0 saturated carbocycles. The zero-order chi connectivity index (χ0) is 18.9. The molecule has 0 atom stereocenters. The minimum absolute atomic E-state index is 0.262. The smallest absolute Gasteiger partial charge is 0.375 e. The van der Waals surface area contributed by atoms with Gasteiger partial charge in [-0.1, -0.05) is 45.7 Å². The van der Waals surface area contributed by atoms with E-state index in [-0.39, 0.29) is 5.41 Å². The number of fused-ring (bicyclic) bond motifs is 4. The van der Waals surface area contributed by atoms with Gasteiger partial charge in [0.15, 0.2) is 10.2 Å². The van der Waals surface area contributed by atoms with Gasteiger partial charge in [0.05, 0.1) is 10.9 Å². The van der Waals surface area contributed by atoms with E-state index < -0.39 is 0 Å². The van der Waals surface area contributed by atoms with E-state index in [2.05, 4.69) is 85.9 Å². The first-order chi connectivity index (χ1) is 12.8. The summed E-state index contributed by atoms with van der Waals surface area (Å²) in [6.07, 6.45) is 2.22. The molecule has 0 saturated heterocycles. The fraction of sp³-hybridized carbons (Fsp3) is 0.136. The van der Waals surface area contributed by atoms with E-state index in [1.165, 1.54) is 0 Å². The highest BCUT2D eigenvalue weighted by atomic mass is 79.9. The molecule has 0 spiro atoms. The number of ether oxygens (including phenoxy) is 1. The van der Waals surface area contributed by atoms with E-state index in [1.807, 2.05) is 24.3 Å². The van der Waals surface area contributed by atoms with Gasteiger partial charge in [0.25, 0.3) is 0 Å². The Morgan fingerprint density at radius 2 is 1.67 bits per heavy atom. The van der Waals surface area contributed by atoms with Crippen LogP contribution >= 0.6 is 47.8 Å². The van der Waals surface area contributed by atoms with Crippen LogP contribution in [-0.4, -0.2) is 0 Å². The van der Waals surface area contributed by atoms with Crippen molar-refractivity contribution < 1.29 is 9.15 Å². The van der Waals surface area contributed by atoms with E-state index in [1.54, 1.807) is 0 Å². The standard InChI is InChI=1S/C22H14Br3O2/c1-22(2)15-9-11-7-13(23)3-5-17(11)26-20(15)19(25)21-16(22)10-12-8-14(24)4-6-18(12)27-21/h3-10H,1-2H3/q+1. The summed E-state index contributed by atoms with van der Waals surface area (Å²) in [6, 6.07) is 14.3. The minimum Gasteiger partial charge on any atom is -0.455 e. The predicted molar refractivity (Wildman–Crippen MR) is 120 cm³/mol. The summed E-state index contributed by atoms with van der Waals surface area (Å²) in [5.41, 5.74) is 3.93. The molecule has 1 aliphatic carbocycles. The van der Waals surface area contributed by atoms with E-state index in [4.69, 9.17) is 9.15 Å². The highest BCUT2D eigenvalue weighted by Crippen LogP contribution is 2.52. The Morgan fingerprint density at radius 3 is 2.48 bits per heavy atom. The van der Waals surface area contributed by atoms with Crippen molar-refractivity contribution in [2.75, 3.05) is 0 Å². The molecule has 134 valence electrons. The molecule has 0 fully saturated rings. The molecule has 2 aliphatic rings. The fourth-order valence-electron chi connectivity index (χ4n) is 3.72. The summed E-state index contributed by atoms with van der Waals surface area (Å²) in [5.74, 6) is 2.49. The maximum atomic E-state index is 6.30. The SMILES string of the molecule is CC1(C)C2=Cc3cc(Br)ccc3OC2=C(Br)c2[o+]c3ccc(Br)cc3cc21. The molecule has 3 aromatic rings. The Labute approximate surface area is 182 Å². The van der Waals surface area contributed by atoms with Gasteiger partial charge in [0.1, 0.15) is 5.75 Å². The highest BCUT2D eigenvalue weighted by molar-refractivity contribution is 9.15. The van der Waals surface area contributed by atoms with Crippen molar-refractivity contribution in [1.29, 1.82) is 0 Å². The van der Waals surface area contributed by atoms with Gasteiger partial charge in [0, 0.05) is 31.6 Å². The van der Waals surface area contributed by atoms with Crippen LogP contribution in [0, 0.1) is 0 Å². The number of hydrogen-bond acceptors (Lipinski definition) is 1. The Kier molecular flexibility index (Phi) is 3.94. The van der Waals surface area contributed by atoms with Crippen LogP contribution in [0.5, 0.6) is 5.75 Å². The molecule has 2 nitrogen and oxygen atoms in total. The molecule has 5 rings (SSSR count). The second-order valence-corrected chi connectivity index (χ2v) is 9.91.